The number of fused-ring (bicyclic) bond motifs is 1. The topological polar surface area (TPSA) is 108 Å². The third kappa shape index (κ3) is 5.06. The summed E-state index contributed by atoms with van der Waals surface area (Å²) in [5, 5.41) is 5.52. The van der Waals surface area contributed by atoms with Crippen molar-refractivity contribution in [3.63, 3.8) is 0 Å². The molecule has 11 heteroatoms. The van der Waals surface area contributed by atoms with Crippen molar-refractivity contribution in [2.45, 2.75) is 32.9 Å². The van der Waals surface area contributed by atoms with Gasteiger partial charge in [-0.15, -0.1) is 0 Å². The molecular weight excluding hydrogens is 463 g/mol. The lowest BCUT2D eigenvalue weighted by atomic mass is 10.0. The fraction of sp³-hybridized carbons (Fsp3) is 0.400. The second kappa shape index (κ2) is 10.4. The Morgan fingerprint density at radius 1 is 1.17 bits per heavy atom. The maximum atomic E-state index is 13.4. The monoisotopic (exact) mass is 492 g/mol. The molecule has 2 amide bonds. The number of nitrogens with zero attached hydrogens (tertiary/aromatic N) is 6. The summed E-state index contributed by atoms with van der Waals surface area (Å²) in [7, 11) is 0. The summed E-state index contributed by atoms with van der Waals surface area (Å²) in [4.78, 5) is 34.4. The molecule has 0 saturated carbocycles. The van der Waals surface area contributed by atoms with Crippen molar-refractivity contribution in [1.29, 1.82) is 0 Å². The Kier molecular flexibility index (Phi) is 6.90. The van der Waals surface area contributed by atoms with Crippen LogP contribution in [0.15, 0.2) is 36.7 Å². The van der Waals surface area contributed by atoms with Crippen LogP contribution >= 0.6 is 0 Å². The maximum Gasteiger partial charge on any atom is 0.319 e. The molecule has 0 aliphatic carbocycles. The Hall–Kier alpha value is -3.86. The van der Waals surface area contributed by atoms with Crippen molar-refractivity contribution in [3.05, 3.63) is 53.7 Å². The van der Waals surface area contributed by atoms with Crippen LogP contribution in [0.4, 0.5) is 26.6 Å². The highest BCUT2D eigenvalue weighted by molar-refractivity contribution is 5.89. The molecule has 0 bridgehead atoms. The van der Waals surface area contributed by atoms with Gasteiger partial charge in [0.1, 0.15) is 5.82 Å². The van der Waals surface area contributed by atoms with Crippen LogP contribution in [-0.4, -0.2) is 64.9 Å². The van der Waals surface area contributed by atoms with Crippen LogP contribution in [0.2, 0.25) is 0 Å². The predicted molar refractivity (Wildman–Crippen MR) is 135 cm³/mol. The Labute approximate surface area is 208 Å². The first kappa shape index (κ1) is 23.9. The van der Waals surface area contributed by atoms with Crippen LogP contribution in [-0.2, 0) is 17.7 Å². The SMILES string of the molecule is CCNC(=O)Nc1ccc(-c2nc3c(c(N4CCOCC4C)n2)CCN(c2ncc(F)cn2)C3)cc1. The van der Waals surface area contributed by atoms with E-state index < -0.39 is 5.82 Å². The third-order valence-corrected chi connectivity index (χ3v) is 6.31. The maximum absolute atomic E-state index is 13.4. The highest BCUT2D eigenvalue weighted by atomic mass is 19.1. The highest BCUT2D eigenvalue weighted by Crippen LogP contribution is 2.32. The molecule has 2 aromatic heterocycles. The standard InChI is InChI=1S/C25H29FN8O2/c1-3-27-25(35)30-19-6-4-17(5-7-19)22-31-21-14-33(24-28-12-18(26)13-29-24)9-8-20(21)23(32-22)34-10-11-36-15-16(34)2/h4-7,12-13,16H,3,8-11,14-15H2,1-2H3,(H2,27,30,35). The summed E-state index contributed by atoms with van der Waals surface area (Å²) in [5.41, 5.74) is 3.54. The average molecular weight is 493 g/mol. The van der Waals surface area contributed by atoms with Crippen molar-refractivity contribution in [3.8, 4) is 11.4 Å². The molecule has 1 unspecified atom stereocenters. The van der Waals surface area contributed by atoms with Crippen molar-refractivity contribution < 1.29 is 13.9 Å². The molecule has 4 heterocycles. The number of urea groups is 1. The summed E-state index contributed by atoms with van der Waals surface area (Å²) >= 11 is 0. The molecule has 36 heavy (non-hydrogen) atoms. The molecule has 10 nitrogen and oxygen atoms in total. The molecular formula is C25H29FN8O2. The van der Waals surface area contributed by atoms with Gasteiger partial charge in [-0.1, -0.05) is 0 Å². The predicted octanol–water partition coefficient (Wildman–Crippen LogP) is 3.00. The van der Waals surface area contributed by atoms with Gasteiger partial charge in [0.2, 0.25) is 5.95 Å². The number of hydrogen-bond donors (Lipinski definition) is 2. The van der Waals surface area contributed by atoms with E-state index in [1.54, 1.807) is 0 Å². The molecule has 1 atom stereocenters. The van der Waals surface area contributed by atoms with E-state index in [0.29, 0.717) is 50.3 Å². The van der Waals surface area contributed by atoms with Gasteiger partial charge in [0, 0.05) is 36.4 Å². The van der Waals surface area contributed by atoms with Crippen LogP contribution in [0.25, 0.3) is 11.4 Å². The van der Waals surface area contributed by atoms with E-state index in [2.05, 4.69) is 32.4 Å². The zero-order chi connectivity index (χ0) is 25.1. The van der Waals surface area contributed by atoms with Gasteiger partial charge in [-0.05, 0) is 44.5 Å². The van der Waals surface area contributed by atoms with Crippen molar-refractivity contribution in [1.82, 2.24) is 25.3 Å². The largest absolute Gasteiger partial charge is 0.377 e. The first-order valence-electron chi connectivity index (χ1n) is 12.1. The molecule has 2 aliphatic heterocycles. The Morgan fingerprint density at radius 2 is 1.94 bits per heavy atom. The number of halogens is 1. The van der Waals surface area contributed by atoms with Gasteiger partial charge >= 0.3 is 6.03 Å². The molecule has 0 radical (unpaired) electrons. The van der Waals surface area contributed by atoms with Gasteiger partial charge in [0.05, 0.1) is 43.9 Å². The van der Waals surface area contributed by atoms with Gasteiger partial charge < -0.3 is 25.2 Å². The summed E-state index contributed by atoms with van der Waals surface area (Å²) in [6, 6.07) is 7.42. The fourth-order valence-electron chi connectivity index (χ4n) is 4.50. The lowest BCUT2D eigenvalue weighted by Gasteiger charge is -2.37. The molecule has 3 aromatic rings. The van der Waals surface area contributed by atoms with Gasteiger partial charge in [-0.25, -0.2) is 29.1 Å². The van der Waals surface area contributed by atoms with Gasteiger partial charge in [0.15, 0.2) is 11.6 Å². The number of ether oxygens (including phenoxy) is 1. The number of benzene rings is 1. The molecule has 1 aromatic carbocycles. The van der Waals surface area contributed by atoms with Crippen LogP contribution in [0, 0.1) is 5.82 Å². The summed E-state index contributed by atoms with van der Waals surface area (Å²) in [6.07, 6.45) is 3.09. The summed E-state index contributed by atoms with van der Waals surface area (Å²) < 4.78 is 19.0. The number of rotatable bonds is 5. The van der Waals surface area contributed by atoms with Gasteiger partial charge in [-0.2, -0.15) is 0 Å². The number of carbonyl (C=O) groups is 1. The van der Waals surface area contributed by atoms with E-state index in [4.69, 9.17) is 14.7 Å². The smallest absolute Gasteiger partial charge is 0.319 e. The van der Waals surface area contributed by atoms with Crippen molar-refractivity contribution in [2.75, 3.05) is 48.0 Å². The highest BCUT2D eigenvalue weighted by Gasteiger charge is 2.29. The average Bonchev–Trinajstić information content (AvgIpc) is 2.89. The number of hydrogen-bond acceptors (Lipinski definition) is 8. The first-order chi connectivity index (χ1) is 17.5. The van der Waals surface area contributed by atoms with Gasteiger partial charge in [-0.3, -0.25) is 0 Å². The lowest BCUT2D eigenvalue weighted by Crippen LogP contribution is -2.45. The molecule has 1 saturated heterocycles. The number of nitrogens with one attached hydrogen (secondary N) is 2. The zero-order valence-corrected chi connectivity index (χ0v) is 20.4. The normalized spacial score (nSPS) is 17.5. The van der Waals surface area contributed by atoms with Gasteiger partial charge in [0.25, 0.3) is 0 Å². The molecule has 188 valence electrons. The second-order valence-corrected chi connectivity index (χ2v) is 8.85. The first-order valence-corrected chi connectivity index (χ1v) is 12.1. The van der Waals surface area contributed by atoms with E-state index in [0.717, 1.165) is 35.6 Å². The minimum Gasteiger partial charge on any atom is -0.377 e. The van der Waals surface area contributed by atoms with Crippen molar-refractivity contribution in [2.24, 2.45) is 0 Å². The van der Waals surface area contributed by atoms with E-state index in [1.165, 1.54) is 12.4 Å². The minimum atomic E-state index is -0.463. The minimum absolute atomic E-state index is 0.188. The van der Waals surface area contributed by atoms with Crippen LogP contribution in [0.1, 0.15) is 25.1 Å². The Morgan fingerprint density at radius 3 is 2.67 bits per heavy atom. The fourth-order valence-corrected chi connectivity index (χ4v) is 4.50. The number of aromatic nitrogens is 4. The summed E-state index contributed by atoms with van der Waals surface area (Å²) in [5.74, 6) is 1.54. The number of carbonyl (C=O) groups excluding carboxylic acids is 1. The number of amides is 2. The molecule has 0 spiro atoms. The number of anilines is 3. The lowest BCUT2D eigenvalue weighted by molar-refractivity contribution is 0.0984. The van der Waals surface area contributed by atoms with E-state index >= 15 is 0 Å². The van der Waals surface area contributed by atoms with E-state index in [-0.39, 0.29) is 12.1 Å². The van der Waals surface area contributed by atoms with Crippen LogP contribution in [0.5, 0.6) is 0 Å². The van der Waals surface area contributed by atoms with E-state index in [9.17, 15) is 9.18 Å². The quantitative estimate of drug-likeness (QED) is 0.560. The Bertz CT molecular complexity index is 1220. The van der Waals surface area contributed by atoms with Crippen LogP contribution < -0.4 is 20.4 Å². The summed E-state index contributed by atoms with van der Waals surface area (Å²) in [6.45, 7) is 7.78. The van der Waals surface area contributed by atoms with Crippen LogP contribution in [0.3, 0.4) is 0 Å². The zero-order valence-electron chi connectivity index (χ0n) is 20.4. The Balaban J connectivity index is 1.49. The van der Waals surface area contributed by atoms with Crippen molar-refractivity contribution >= 4 is 23.5 Å². The third-order valence-electron chi connectivity index (χ3n) is 6.31. The molecule has 2 aliphatic rings. The molecule has 1 fully saturated rings. The molecule has 2 N–H and O–H groups in total. The second-order valence-electron chi connectivity index (χ2n) is 8.85. The molecule has 5 rings (SSSR count). The number of morpholine rings is 1. The van der Waals surface area contributed by atoms with E-state index in [1.807, 2.05) is 36.1 Å².